The van der Waals surface area contributed by atoms with Gasteiger partial charge in [-0.3, -0.25) is 4.68 Å². The van der Waals surface area contributed by atoms with Crippen LogP contribution in [0.4, 0.5) is 0 Å². The zero-order valence-electron chi connectivity index (χ0n) is 10.2. The fourth-order valence-electron chi connectivity index (χ4n) is 1.79. The van der Waals surface area contributed by atoms with Crippen LogP contribution in [0.1, 0.15) is 26.0 Å². The molecule has 0 atom stereocenters. The summed E-state index contributed by atoms with van der Waals surface area (Å²) in [6.45, 7) is 4.59. The number of alkyl halides is 2. The maximum absolute atomic E-state index is 4.21. The van der Waals surface area contributed by atoms with Crippen molar-refractivity contribution < 1.29 is 0 Å². The summed E-state index contributed by atoms with van der Waals surface area (Å²) in [7, 11) is 2.01. The number of halogens is 2. The largest absolute Gasteiger partial charge is 0.273 e. The first-order chi connectivity index (χ1) is 7.55. The fraction of sp³-hybridized carbons (Fsp3) is 0.750. The van der Waals surface area contributed by atoms with E-state index < -0.39 is 0 Å². The third-order valence-electron chi connectivity index (χ3n) is 3.56. The fourth-order valence-corrected chi connectivity index (χ4v) is 4.57. The van der Waals surface area contributed by atoms with Crippen LogP contribution in [0.2, 0.25) is 0 Å². The highest BCUT2D eigenvalue weighted by molar-refractivity contribution is 9.09. The molecule has 0 fully saturated rings. The highest BCUT2D eigenvalue weighted by Gasteiger charge is 2.31. The predicted molar refractivity (Wildman–Crippen MR) is 76.4 cm³/mol. The summed E-state index contributed by atoms with van der Waals surface area (Å²) in [5, 5.41) is 6.29. The molecule has 1 aromatic rings. The first kappa shape index (κ1) is 14.2. The summed E-state index contributed by atoms with van der Waals surface area (Å²) in [4.78, 5) is 0. The highest BCUT2D eigenvalue weighted by atomic mass is 79.9. The normalized spacial score (nSPS) is 12.4. The van der Waals surface area contributed by atoms with Gasteiger partial charge in [0.1, 0.15) is 0 Å². The third kappa shape index (κ3) is 3.10. The van der Waals surface area contributed by atoms with Crippen molar-refractivity contribution in [3.8, 4) is 0 Å². The van der Waals surface area contributed by atoms with Gasteiger partial charge in [-0.2, -0.15) is 5.10 Å². The molecule has 4 heteroatoms. The van der Waals surface area contributed by atoms with Crippen molar-refractivity contribution in [2.75, 3.05) is 10.7 Å². The molecule has 16 heavy (non-hydrogen) atoms. The monoisotopic (exact) mass is 350 g/mol. The average Bonchev–Trinajstić information content (AvgIpc) is 2.66. The van der Waals surface area contributed by atoms with Gasteiger partial charge in [-0.1, -0.05) is 45.7 Å². The zero-order valence-corrected chi connectivity index (χ0v) is 13.4. The zero-order chi connectivity index (χ0) is 12.2. The van der Waals surface area contributed by atoms with Crippen molar-refractivity contribution in [1.82, 2.24) is 9.78 Å². The molecule has 0 saturated carbocycles. The molecule has 0 aliphatic carbocycles. The number of nitrogens with zero attached hydrogens (tertiary/aromatic N) is 2. The summed E-state index contributed by atoms with van der Waals surface area (Å²) in [5.74, 6) is 0.666. The van der Waals surface area contributed by atoms with E-state index in [1.54, 1.807) is 0 Å². The maximum Gasteiger partial charge on any atom is 0.0492 e. The molecule has 2 nitrogen and oxygen atoms in total. The number of hydrogen-bond donors (Lipinski definition) is 0. The molecule has 1 rings (SSSR count). The first-order valence-electron chi connectivity index (χ1n) is 5.64. The van der Waals surface area contributed by atoms with Crippen LogP contribution in [0.15, 0.2) is 12.3 Å². The van der Waals surface area contributed by atoms with Crippen LogP contribution >= 0.6 is 31.9 Å². The Bertz CT molecular complexity index is 317. The van der Waals surface area contributed by atoms with E-state index in [0.717, 1.165) is 17.1 Å². The lowest BCUT2D eigenvalue weighted by Crippen LogP contribution is -2.32. The van der Waals surface area contributed by atoms with Crippen molar-refractivity contribution in [2.45, 2.75) is 26.7 Å². The number of rotatable bonds is 6. The van der Waals surface area contributed by atoms with Crippen LogP contribution in [0.5, 0.6) is 0 Å². The minimum absolute atomic E-state index is 0.338. The molecule has 92 valence electrons. The van der Waals surface area contributed by atoms with Crippen molar-refractivity contribution in [3.05, 3.63) is 18.0 Å². The summed E-state index contributed by atoms with van der Waals surface area (Å²) in [5.41, 5.74) is 1.65. The summed E-state index contributed by atoms with van der Waals surface area (Å²) in [6.07, 6.45) is 4.14. The van der Waals surface area contributed by atoms with Crippen LogP contribution in [0.3, 0.4) is 0 Å². The number of aromatic nitrogens is 2. The molecule has 1 aromatic heterocycles. The third-order valence-corrected chi connectivity index (χ3v) is 5.79. The second kappa shape index (κ2) is 6.20. The van der Waals surface area contributed by atoms with Crippen LogP contribution < -0.4 is 0 Å². The Hall–Kier alpha value is 0.170. The van der Waals surface area contributed by atoms with E-state index in [9.17, 15) is 0 Å². The van der Waals surface area contributed by atoms with E-state index in [0.29, 0.717) is 11.3 Å². The van der Waals surface area contributed by atoms with Crippen LogP contribution in [-0.2, 0) is 13.5 Å². The van der Waals surface area contributed by atoms with E-state index in [2.05, 4.69) is 56.9 Å². The first-order valence-corrected chi connectivity index (χ1v) is 7.89. The predicted octanol–water partition coefficient (Wildman–Crippen LogP) is 3.78. The number of hydrogen-bond acceptors (Lipinski definition) is 1. The SMILES string of the molecule is CC(C)C(CBr)(CBr)CCc1ccnn1C. The summed E-state index contributed by atoms with van der Waals surface area (Å²) >= 11 is 7.33. The molecular formula is C12H20Br2N2. The topological polar surface area (TPSA) is 17.8 Å². The molecule has 0 aliphatic rings. The molecule has 0 bridgehead atoms. The lowest BCUT2D eigenvalue weighted by Gasteiger charge is -2.34. The Labute approximate surface area is 115 Å². The van der Waals surface area contributed by atoms with Crippen molar-refractivity contribution in [2.24, 2.45) is 18.4 Å². The number of aryl methyl sites for hydroxylation is 2. The van der Waals surface area contributed by atoms with Crippen LogP contribution in [-0.4, -0.2) is 20.4 Å². The van der Waals surface area contributed by atoms with Gasteiger partial charge in [-0.15, -0.1) is 0 Å². The molecule has 0 saturated heterocycles. The standard InChI is InChI=1S/C12H20Br2N2/c1-10(2)12(8-13,9-14)6-4-11-5-7-15-16(11)3/h5,7,10H,4,6,8-9H2,1-3H3. The van der Waals surface area contributed by atoms with Gasteiger partial charge in [0.25, 0.3) is 0 Å². The van der Waals surface area contributed by atoms with Crippen molar-refractivity contribution in [1.29, 1.82) is 0 Å². The quantitative estimate of drug-likeness (QED) is 0.713. The molecule has 0 amide bonds. The van der Waals surface area contributed by atoms with E-state index in [1.165, 1.54) is 12.1 Å². The van der Waals surface area contributed by atoms with Gasteiger partial charge in [-0.25, -0.2) is 0 Å². The molecular weight excluding hydrogens is 332 g/mol. The minimum atomic E-state index is 0.338. The second-order valence-corrected chi connectivity index (χ2v) is 5.85. The average molecular weight is 352 g/mol. The molecule has 0 radical (unpaired) electrons. The van der Waals surface area contributed by atoms with Crippen molar-refractivity contribution in [3.63, 3.8) is 0 Å². The van der Waals surface area contributed by atoms with E-state index >= 15 is 0 Å². The van der Waals surface area contributed by atoms with Gasteiger partial charge >= 0.3 is 0 Å². The maximum atomic E-state index is 4.21. The molecule has 0 N–H and O–H groups in total. The van der Waals surface area contributed by atoms with E-state index in [1.807, 2.05) is 17.9 Å². The Balaban J connectivity index is 2.67. The van der Waals surface area contributed by atoms with E-state index in [4.69, 9.17) is 0 Å². The Morgan fingerprint density at radius 3 is 2.38 bits per heavy atom. The smallest absolute Gasteiger partial charge is 0.0492 e. The molecule has 0 unspecified atom stereocenters. The Kier molecular flexibility index (Phi) is 5.51. The lowest BCUT2D eigenvalue weighted by atomic mass is 9.77. The highest BCUT2D eigenvalue weighted by Crippen LogP contribution is 2.36. The van der Waals surface area contributed by atoms with Crippen LogP contribution in [0.25, 0.3) is 0 Å². The van der Waals surface area contributed by atoms with Gasteiger partial charge in [0, 0.05) is 29.6 Å². The van der Waals surface area contributed by atoms with Gasteiger partial charge in [-0.05, 0) is 30.2 Å². The van der Waals surface area contributed by atoms with Gasteiger partial charge in [0.05, 0.1) is 0 Å². The molecule has 0 spiro atoms. The minimum Gasteiger partial charge on any atom is -0.273 e. The van der Waals surface area contributed by atoms with E-state index in [-0.39, 0.29) is 0 Å². The van der Waals surface area contributed by atoms with Gasteiger partial charge in [0.2, 0.25) is 0 Å². The van der Waals surface area contributed by atoms with Crippen LogP contribution in [0, 0.1) is 11.3 Å². The second-order valence-electron chi connectivity index (χ2n) is 4.73. The molecule has 0 aromatic carbocycles. The lowest BCUT2D eigenvalue weighted by molar-refractivity contribution is 0.247. The molecule has 0 aliphatic heterocycles. The molecule has 1 heterocycles. The summed E-state index contributed by atoms with van der Waals surface area (Å²) in [6, 6.07) is 2.10. The Morgan fingerprint density at radius 2 is 2.00 bits per heavy atom. The summed E-state index contributed by atoms with van der Waals surface area (Å²) < 4.78 is 1.97. The van der Waals surface area contributed by atoms with Gasteiger partial charge < -0.3 is 0 Å². The Morgan fingerprint density at radius 1 is 1.38 bits per heavy atom. The van der Waals surface area contributed by atoms with Crippen molar-refractivity contribution >= 4 is 31.9 Å². The van der Waals surface area contributed by atoms with Gasteiger partial charge in [0.15, 0.2) is 0 Å².